The highest BCUT2D eigenvalue weighted by Crippen LogP contribution is 2.31. The van der Waals surface area contributed by atoms with Gasteiger partial charge in [-0.15, -0.1) is 0 Å². The Hall–Kier alpha value is -2.04. The first-order chi connectivity index (χ1) is 15.2. The number of amides is 1. The molecule has 0 spiro atoms. The Kier molecular flexibility index (Phi) is 8.24. The van der Waals surface area contributed by atoms with Gasteiger partial charge in [0, 0.05) is 30.2 Å². The summed E-state index contributed by atoms with van der Waals surface area (Å²) in [6.07, 6.45) is -0.0518. The lowest BCUT2D eigenvalue weighted by Crippen LogP contribution is -2.50. The Labute approximate surface area is 192 Å². The fraction of sp³-hybridized carbons (Fsp3) is 0.409. The number of benzene rings is 2. The van der Waals surface area contributed by atoms with E-state index in [0.717, 1.165) is 0 Å². The molecule has 2 N–H and O–H groups in total. The van der Waals surface area contributed by atoms with E-state index in [0.29, 0.717) is 25.3 Å². The minimum atomic E-state index is -3.86. The van der Waals surface area contributed by atoms with Gasteiger partial charge in [0.15, 0.2) is 0 Å². The quantitative estimate of drug-likeness (QED) is 0.602. The summed E-state index contributed by atoms with van der Waals surface area (Å²) in [7, 11) is -3.86. The number of sulfonamides is 1. The van der Waals surface area contributed by atoms with Crippen molar-refractivity contribution in [2.75, 3.05) is 26.2 Å². The molecule has 0 aliphatic carbocycles. The molecule has 0 aromatic heterocycles. The molecule has 2 aromatic rings. The number of nitrogens with zero attached hydrogens (tertiary/aromatic N) is 1. The van der Waals surface area contributed by atoms with Gasteiger partial charge < -0.3 is 10.1 Å². The molecule has 1 aliphatic heterocycles. The van der Waals surface area contributed by atoms with Crippen LogP contribution in [0.4, 0.5) is 4.39 Å². The van der Waals surface area contributed by atoms with Gasteiger partial charge in [0.1, 0.15) is 5.82 Å². The van der Waals surface area contributed by atoms with Crippen molar-refractivity contribution in [3.63, 3.8) is 0 Å². The van der Waals surface area contributed by atoms with Crippen molar-refractivity contribution in [2.45, 2.75) is 36.9 Å². The minimum absolute atomic E-state index is 0.0518. The Morgan fingerprint density at radius 3 is 2.62 bits per heavy atom. The van der Waals surface area contributed by atoms with E-state index in [2.05, 4.69) is 10.0 Å². The third-order valence-electron chi connectivity index (χ3n) is 5.29. The average molecular weight is 484 g/mol. The van der Waals surface area contributed by atoms with Crippen molar-refractivity contribution < 1.29 is 22.3 Å². The number of ether oxygens (including phenoxy) is 1. The van der Waals surface area contributed by atoms with Gasteiger partial charge in [0.25, 0.3) is 0 Å². The second kappa shape index (κ2) is 10.7. The highest BCUT2D eigenvalue weighted by molar-refractivity contribution is 7.89. The molecule has 3 rings (SSSR count). The SMILES string of the molecule is CC1CN(C(CNC(=O)[C@H](C)NS(=O)(=O)c2ccccc2)c2c(F)cccc2Cl)CCO1. The van der Waals surface area contributed by atoms with E-state index < -0.39 is 33.8 Å². The molecule has 0 radical (unpaired) electrons. The van der Waals surface area contributed by atoms with Crippen LogP contribution in [-0.2, 0) is 19.6 Å². The third kappa shape index (κ3) is 6.05. The summed E-state index contributed by atoms with van der Waals surface area (Å²) in [5.74, 6) is -0.989. The van der Waals surface area contributed by atoms with Crippen molar-refractivity contribution in [3.8, 4) is 0 Å². The second-order valence-electron chi connectivity index (χ2n) is 7.73. The zero-order chi connectivity index (χ0) is 23.3. The van der Waals surface area contributed by atoms with Crippen LogP contribution < -0.4 is 10.0 Å². The fourth-order valence-corrected chi connectivity index (χ4v) is 5.19. The lowest BCUT2D eigenvalue weighted by molar-refractivity contribution is -0.122. The monoisotopic (exact) mass is 483 g/mol. The predicted molar refractivity (Wildman–Crippen MR) is 120 cm³/mol. The summed E-state index contributed by atoms with van der Waals surface area (Å²) in [4.78, 5) is 14.8. The van der Waals surface area contributed by atoms with Gasteiger partial charge in [0.2, 0.25) is 15.9 Å². The summed E-state index contributed by atoms with van der Waals surface area (Å²) < 4.78 is 47.7. The molecule has 1 aliphatic rings. The van der Waals surface area contributed by atoms with Crippen LogP contribution in [0, 0.1) is 5.82 Å². The van der Waals surface area contributed by atoms with Gasteiger partial charge in [0.05, 0.1) is 29.7 Å². The molecule has 2 aromatic carbocycles. The van der Waals surface area contributed by atoms with Crippen molar-refractivity contribution >= 4 is 27.5 Å². The van der Waals surface area contributed by atoms with Crippen LogP contribution in [0.5, 0.6) is 0 Å². The number of rotatable bonds is 8. The normalized spacial score (nSPS) is 19.3. The Morgan fingerprint density at radius 1 is 1.25 bits per heavy atom. The highest BCUT2D eigenvalue weighted by Gasteiger charge is 2.30. The van der Waals surface area contributed by atoms with Crippen LogP contribution in [0.1, 0.15) is 25.5 Å². The third-order valence-corrected chi connectivity index (χ3v) is 7.18. The molecule has 174 valence electrons. The van der Waals surface area contributed by atoms with E-state index in [1.54, 1.807) is 24.3 Å². The van der Waals surface area contributed by atoms with E-state index in [1.165, 1.54) is 31.2 Å². The number of carbonyl (C=O) groups is 1. The van der Waals surface area contributed by atoms with Gasteiger partial charge in [-0.05, 0) is 38.1 Å². The molecule has 7 nitrogen and oxygen atoms in total. The van der Waals surface area contributed by atoms with Gasteiger partial charge in [-0.3, -0.25) is 9.69 Å². The first kappa shape index (κ1) is 24.6. The number of halogens is 2. The maximum Gasteiger partial charge on any atom is 0.241 e. The lowest BCUT2D eigenvalue weighted by Gasteiger charge is -2.38. The fourth-order valence-electron chi connectivity index (χ4n) is 3.68. The molecule has 1 amide bonds. The van der Waals surface area contributed by atoms with Gasteiger partial charge in [-0.2, -0.15) is 4.72 Å². The van der Waals surface area contributed by atoms with Crippen LogP contribution in [0.2, 0.25) is 5.02 Å². The maximum absolute atomic E-state index is 14.7. The smallest absolute Gasteiger partial charge is 0.241 e. The van der Waals surface area contributed by atoms with Gasteiger partial charge in [-0.1, -0.05) is 35.9 Å². The summed E-state index contributed by atoms with van der Waals surface area (Å²) in [6, 6.07) is 10.7. The van der Waals surface area contributed by atoms with E-state index in [9.17, 15) is 17.6 Å². The summed E-state index contributed by atoms with van der Waals surface area (Å²) >= 11 is 6.31. The maximum atomic E-state index is 14.7. The predicted octanol–water partition coefficient (Wildman–Crippen LogP) is 2.72. The van der Waals surface area contributed by atoms with Crippen molar-refractivity contribution in [2.24, 2.45) is 0 Å². The molecular weight excluding hydrogens is 457 g/mol. The number of carbonyl (C=O) groups excluding carboxylic acids is 1. The number of hydrogen-bond donors (Lipinski definition) is 2. The topological polar surface area (TPSA) is 87.7 Å². The molecule has 3 atom stereocenters. The molecule has 32 heavy (non-hydrogen) atoms. The first-order valence-corrected chi connectivity index (χ1v) is 12.2. The molecule has 2 unspecified atom stereocenters. The Balaban J connectivity index is 1.73. The standard InChI is InChI=1S/C22H27ClFN3O4S/c1-15-14-27(11-12-31-15)20(21-18(23)9-6-10-19(21)24)13-25-22(28)16(2)26-32(29,30)17-7-4-3-5-8-17/h3-10,15-16,20,26H,11-14H2,1-2H3,(H,25,28)/t15?,16-,20?/m0/s1. The van der Waals surface area contributed by atoms with Crippen LogP contribution >= 0.6 is 11.6 Å². The lowest BCUT2D eigenvalue weighted by atomic mass is 10.0. The molecular formula is C22H27ClFN3O4S. The van der Waals surface area contributed by atoms with E-state index in [-0.39, 0.29) is 22.6 Å². The molecule has 1 fully saturated rings. The zero-order valence-corrected chi connectivity index (χ0v) is 19.5. The molecule has 10 heteroatoms. The summed E-state index contributed by atoms with van der Waals surface area (Å²) in [5.41, 5.74) is 0.293. The highest BCUT2D eigenvalue weighted by atomic mass is 35.5. The van der Waals surface area contributed by atoms with E-state index in [4.69, 9.17) is 16.3 Å². The summed E-state index contributed by atoms with van der Waals surface area (Å²) in [6.45, 7) is 5.00. The molecule has 0 saturated carbocycles. The summed E-state index contributed by atoms with van der Waals surface area (Å²) in [5, 5.41) is 3.01. The molecule has 1 saturated heterocycles. The van der Waals surface area contributed by atoms with Crippen LogP contribution in [0.3, 0.4) is 0 Å². The van der Waals surface area contributed by atoms with E-state index in [1.807, 2.05) is 11.8 Å². The second-order valence-corrected chi connectivity index (χ2v) is 9.85. The number of hydrogen-bond acceptors (Lipinski definition) is 5. The average Bonchev–Trinajstić information content (AvgIpc) is 2.75. The van der Waals surface area contributed by atoms with Gasteiger partial charge in [-0.25, -0.2) is 12.8 Å². The van der Waals surface area contributed by atoms with Gasteiger partial charge >= 0.3 is 0 Å². The largest absolute Gasteiger partial charge is 0.376 e. The Morgan fingerprint density at radius 2 is 1.97 bits per heavy atom. The van der Waals surface area contributed by atoms with Crippen LogP contribution in [0.15, 0.2) is 53.4 Å². The van der Waals surface area contributed by atoms with Crippen molar-refractivity contribution in [1.29, 1.82) is 0 Å². The molecule has 1 heterocycles. The van der Waals surface area contributed by atoms with Crippen molar-refractivity contribution in [1.82, 2.24) is 14.9 Å². The van der Waals surface area contributed by atoms with E-state index >= 15 is 0 Å². The zero-order valence-electron chi connectivity index (χ0n) is 17.9. The number of morpholine rings is 1. The molecule has 0 bridgehead atoms. The minimum Gasteiger partial charge on any atom is -0.376 e. The number of nitrogens with one attached hydrogen (secondary N) is 2. The first-order valence-electron chi connectivity index (χ1n) is 10.3. The Bertz CT molecular complexity index is 1020. The van der Waals surface area contributed by atoms with Crippen LogP contribution in [-0.4, -0.2) is 57.6 Å². The van der Waals surface area contributed by atoms with Crippen molar-refractivity contribution in [3.05, 3.63) is 64.9 Å². The van der Waals surface area contributed by atoms with Crippen LogP contribution in [0.25, 0.3) is 0 Å².